The number of esters is 1. The Bertz CT molecular complexity index is 1080. The highest BCUT2D eigenvalue weighted by atomic mass is 16.5. The van der Waals surface area contributed by atoms with Crippen LogP contribution in [0.4, 0.5) is 11.8 Å². The maximum atomic E-state index is 13.3. The second-order valence-corrected chi connectivity index (χ2v) is 10.7. The zero-order chi connectivity index (χ0) is 28.2. The molecular weight excluding hydrogens is 492 g/mol. The average Bonchev–Trinajstić information content (AvgIpc) is 2.91. The molecule has 2 atom stereocenters. The normalized spacial score (nSPS) is 17.5. The number of ether oxygens (including phenoxy) is 1. The van der Waals surface area contributed by atoms with Gasteiger partial charge in [0.2, 0.25) is 11.9 Å². The number of carbonyl (C=O) groups excluding carboxylic acids is 2. The van der Waals surface area contributed by atoms with Crippen molar-refractivity contribution in [3.8, 4) is 0 Å². The number of likely N-dealkylation sites (tertiary alicyclic amines) is 1. The monoisotopic (exact) mass is 538 g/mol. The SMILES string of the molecule is CCCCCNc1nc(N)nc(C)c1CCCC1CN(C)CCC1C(=O)NCc1ccc(CC(=O)OC)cc1. The summed E-state index contributed by atoms with van der Waals surface area (Å²) in [5.74, 6) is 1.30. The van der Waals surface area contributed by atoms with E-state index < -0.39 is 0 Å². The quantitative estimate of drug-likeness (QED) is 0.245. The Kier molecular flexibility index (Phi) is 12.0. The van der Waals surface area contributed by atoms with E-state index in [4.69, 9.17) is 10.5 Å². The molecular formula is C30H46N6O3. The molecule has 1 saturated heterocycles. The molecule has 0 aliphatic carbocycles. The van der Waals surface area contributed by atoms with Crippen LogP contribution in [0.3, 0.4) is 0 Å². The number of hydrogen-bond acceptors (Lipinski definition) is 8. The van der Waals surface area contributed by atoms with Crippen molar-refractivity contribution in [1.82, 2.24) is 20.2 Å². The van der Waals surface area contributed by atoms with Crippen molar-refractivity contribution in [1.29, 1.82) is 0 Å². The van der Waals surface area contributed by atoms with E-state index in [-0.39, 0.29) is 24.2 Å². The fourth-order valence-electron chi connectivity index (χ4n) is 5.37. The molecule has 9 nitrogen and oxygen atoms in total. The number of amides is 1. The number of piperidine rings is 1. The molecule has 39 heavy (non-hydrogen) atoms. The zero-order valence-corrected chi connectivity index (χ0v) is 24.1. The summed E-state index contributed by atoms with van der Waals surface area (Å²) in [4.78, 5) is 36.0. The molecule has 9 heteroatoms. The molecule has 1 amide bonds. The molecule has 1 aromatic carbocycles. The van der Waals surface area contributed by atoms with E-state index in [1.54, 1.807) is 0 Å². The van der Waals surface area contributed by atoms with Gasteiger partial charge in [0.05, 0.1) is 13.5 Å². The number of nitrogens with one attached hydrogen (secondary N) is 2. The van der Waals surface area contributed by atoms with Gasteiger partial charge in [-0.2, -0.15) is 4.98 Å². The standard InChI is InChI=1S/C30H46N6O3/c1-5-6-7-16-32-28-25(21(2)34-30(31)35-28)10-8-9-24-20-36(3)17-15-26(24)29(38)33-19-23-13-11-22(12-14-23)18-27(37)39-4/h11-14,24,26H,5-10,15-20H2,1-4H3,(H,33,38)(H3,31,32,34,35). The minimum absolute atomic E-state index is 0.00444. The Hall–Kier alpha value is -3.20. The summed E-state index contributed by atoms with van der Waals surface area (Å²) in [6.07, 6.45) is 7.34. The third-order valence-corrected chi connectivity index (χ3v) is 7.65. The second kappa shape index (κ2) is 15.4. The van der Waals surface area contributed by atoms with Gasteiger partial charge in [-0.05, 0) is 69.7 Å². The highest BCUT2D eigenvalue weighted by molar-refractivity contribution is 5.79. The molecule has 214 valence electrons. The molecule has 0 bridgehead atoms. The highest BCUT2D eigenvalue weighted by Crippen LogP contribution is 2.29. The van der Waals surface area contributed by atoms with Crippen molar-refractivity contribution in [3.63, 3.8) is 0 Å². The molecule has 0 radical (unpaired) electrons. The van der Waals surface area contributed by atoms with Gasteiger partial charge in [-0.1, -0.05) is 44.0 Å². The van der Waals surface area contributed by atoms with Crippen LogP contribution in [0.15, 0.2) is 24.3 Å². The Morgan fingerprint density at radius 1 is 1.13 bits per heavy atom. The number of aryl methyl sites for hydroxylation is 1. The molecule has 0 saturated carbocycles. The first-order valence-electron chi connectivity index (χ1n) is 14.3. The summed E-state index contributed by atoms with van der Waals surface area (Å²) in [5, 5.41) is 6.63. The van der Waals surface area contributed by atoms with Crippen LogP contribution in [0.2, 0.25) is 0 Å². The Morgan fingerprint density at radius 2 is 1.87 bits per heavy atom. The number of nitrogens with zero attached hydrogens (tertiary/aromatic N) is 3. The molecule has 2 heterocycles. The molecule has 0 spiro atoms. The summed E-state index contributed by atoms with van der Waals surface area (Å²) in [5.41, 5.74) is 9.90. The average molecular weight is 539 g/mol. The van der Waals surface area contributed by atoms with E-state index in [0.29, 0.717) is 18.4 Å². The lowest BCUT2D eigenvalue weighted by molar-refractivity contribution is -0.139. The highest BCUT2D eigenvalue weighted by Gasteiger charge is 2.32. The van der Waals surface area contributed by atoms with Crippen LogP contribution in [0, 0.1) is 18.8 Å². The topological polar surface area (TPSA) is 122 Å². The molecule has 2 unspecified atom stereocenters. The fourth-order valence-corrected chi connectivity index (χ4v) is 5.37. The first-order chi connectivity index (χ1) is 18.8. The zero-order valence-electron chi connectivity index (χ0n) is 24.1. The Labute approximate surface area is 233 Å². The van der Waals surface area contributed by atoms with Crippen LogP contribution in [0.25, 0.3) is 0 Å². The van der Waals surface area contributed by atoms with Gasteiger partial charge < -0.3 is 26.0 Å². The third-order valence-electron chi connectivity index (χ3n) is 7.65. The summed E-state index contributed by atoms with van der Waals surface area (Å²) in [6.45, 7) is 7.39. The van der Waals surface area contributed by atoms with E-state index in [1.807, 2.05) is 31.2 Å². The molecule has 1 aromatic heterocycles. The number of methoxy groups -OCH3 is 1. The van der Waals surface area contributed by atoms with Gasteiger partial charge in [0.15, 0.2) is 0 Å². The van der Waals surface area contributed by atoms with E-state index in [2.05, 4.69) is 39.5 Å². The number of rotatable bonds is 14. The lowest BCUT2D eigenvalue weighted by atomic mass is 9.81. The maximum absolute atomic E-state index is 13.3. The van der Waals surface area contributed by atoms with Crippen LogP contribution in [0.1, 0.15) is 67.8 Å². The Morgan fingerprint density at radius 3 is 2.59 bits per heavy atom. The largest absolute Gasteiger partial charge is 0.469 e. The van der Waals surface area contributed by atoms with Crippen LogP contribution in [-0.4, -0.2) is 60.5 Å². The Balaban J connectivity index is 1.56. The third kappa shape index (κ3) is 9.49. The lowest BCUT2D eigenvalue weighted by Crippen LogP contribution is -2.45. The number of carbonyl (C=O) groups is 2. The van der Waals surface area contributed by atoms with Gasteiger partial charge in [-0.3, -0.25) is 9.59 Å². The number of nitrogen functional groups attached to an aromatic ring is 1. The minimum Gasteiger partial charge on any atom is -0.469 e. The first kappa shape index (κ1) is 30.3. The molecule has 2 aromatic rings. The van der Waals surface area contributed by atoms with Gasteiger partial charge >= 0.3 is 5.97 Å². The van der Waals surface area contributed by atoms with Crippen LogP contribution >= 0.6 is 0 Å². The molecule has 1 fully saturated rings. The number of anilines is 2. The van der Waals surface area contributed by atoms with Crippen LogP contribution in [0.5, 0.6) is 0 Å². The second-order valence-electron chi connectivity index (χ2n) is 10.7. The number of benzene rings is 1. The van der Waals surface area contributed by atoms with Gasteiger partial charge in [0.25, 0.3) is 0 Å². The van der Waals surface area contributed by atoms with Gasteiger partial charge in [0, 0.05) is 36.8 Å². The molecule has 4 N–H and O–H groups in total. The first-order valence-corrected chi connectivity index (χ1v) is 14.3. The van der Waals surface area contributed by atoms with E-state index in [1.165, 1.54) is 20.0 Å². The van der Waals surface area contributed by atoms with Crippen molar-refractivity contribution in [2.75, 3.05) is 44.8 Å². The molecule has 3 rings (SSSR count). The predicted molar refractivity (Wildman–Crippen MR) is 155 cm³/mol. The fraction of sp³-hybridized carbons (Fsp3) is 0.600. The minimum atomic E-state index is -0.261. The summed E-state index contributed by atoms with van der Waals surface area (Å²) >= 11 is 0. The van der Waals surface area contributed by atoms with Crippen LogP contribution in [-0.2, 0) is 33.7 Å². The summed E-state index contributed by atoms with van der Waals surface area (Å²) in [7, 11) is 3.52. The number of unbranched alkanes of at least 4 members (excludes halogenated alkanes) is 2. The number of nitrogens with two attached hydrogens (primary N) is 1. The van der Waals surface area contributed by atoms with Gasteiger partial charge in [-0.25, -0.2) is 4.98 Å². The van der Waals surface area contributed by atoms with Gasteiger partial charge in [0.1, 0.15) is 5.82 Å². The smallest absolute Gasteiger partial charge is 0.309 e. The molecule has 1 aliphatic rings. The van der Waals surface area contributed by atoms with Crippen LogP contribution < -0.4 is 16.4 Å². The van der Waals surface area contributed by atoms with Crippen molar-refractivity contribution in [3.05, 3.63) is 46.6 Å². The van der Waals surface area contributed by atoms with Crippen molar-refractivity contribution in [2.45, 2.75) is 71.8 Å². The molecule has 1 aliphatic heterocycles. The van der Waals surface area contributed by atoms with E-state index in [0.717, 1.165) is 79.9 Å². The number of aromatic nitrogens is 2. The van der Waals surface area contributed by atoms with E-state index >= 15 is 0 Å². The maximum Gasteiger partial charge on any atom is 0.309 e. The number of hydrogen-bond donors (Lipinski definition) is 3. The van der Waals surface area contributed by atoms with Crippen molar-refractivity contribution >= 4 is 23.6 Å². The van der Waals surface area contributed by atoms with E-state index in [9.17, 15) is 9.59 Å². The van der Waals surface area contributed by atoms with Crippen molar-refractivity contribution in [2.24, 2.45) is 11.8 Å². The van der Waals surface area contributed by atoms with Gasteiger partial charge in [-0.15, -0.1) is 0 Å². The summed E-state index contributed by atoms with van der Waals surface area (Å²) < 4.78 is 4.73. The summed E-state index contributed by atoms with van der Waals surface area (Å²) in [6, 6.07) is 7.73. The lowest BCUT2D eigenvalue weighted by Gasteiger charge is -2.36. The van der Waals surface area contributed by atoms with Crippen molar-refractivity contribution < 1.29 is 14.3 Å². The predicted octanol–water partition coefficient (Wildman–Crippen LogP) is 3.89.